The fraction of sp³-hybridized carbons (Fsp3) is 0.667. The third kappa shape index (κ3) is 4.49. The molecule has 0 N–H and O–H groups in total. The van der Waals surface area contributed by atoms with Crippen molar-refractivity contribution < 1.29 is 48.4 Å². The van der Waals surface area contributed by atoms with Gasteiger partial charge in [-0.15, -0.1) is 0 Å². The van der Waals surface area contributed by atoms with Crippen LogP contribution >= 0.6 is 0 Å². The average Bonchev–Trinajstić information content (AvgIpc) is 2.21. The summed E-state index contributed by atoms with van der Waals surface area (Å²) in [4.78, 5) is 0. The zero-order valence-corrected chi connectivity index (χ0v) is 12.7. The van der Waals surface area contributed by atoms with Crippen molar-refractivity contribution >= 4 is 0 Å². The first-order valence-electron chi connectivity index (χ1n) is 5.11. The predicted octanol–water partition coefficient (Wildman–Crippen LogP) is 2.06. The van der Waals surface area contributed by atoms with Gasteiger partial charge in [0.2, 0.25) is 0 Å². The second-order valence-corrected chi connectivity index (χ2v) is 4.02. The van der Waals surface area contributed by atoms with E-state index >= 15 is 0 Å². The van der Waals surface area contributed by atoms with E-state index < -0.39 is 0 Å². The van der Waals surface area contributed by atoms with Crippen LogP contribution in [0.15, 0.2) is 11.1 Å². The van der Waals surface area contributed by atoms with E-state index in [2.05, 4.69) is 12.2 Å². The quantitative estimate of drug-likeness (QED) is 0.498. The van der Waals surface area contributed by atoms with Gasteiger partial charge in [0.05, 0.1) is 12.2 Å². The Morgan fingerprint density at radius 1 is 0.875 bits per heavy atom. The van der Waals surface area contributed by atoms with Gasteiger partial charge in [-0.05, 0) is 0 Å². The van der Waals surface area contributed by atoms with Crippen molar-refractivity contribution in [3.63, 3.8) is 0 Å². The Balaban J connectivity index is 0.00000112. The molecular formula is C12H16O2Rh2-2. The fourth-order valence-corrected chi connectivity index (χ4v) is 1.71. The molecule has 0 aromatic heterocycles. The summed E-state index contributed by atoms with van der Waals surface area (Å²) in [6.45, 7) is 5.50. The van der Waals surface area contributed by atoms with Crippen LogP contribution in [0.3, 0.4) is 0 Å². The molecule has 16 heavy (non-hydrogen) atoms. The van der Waals surface area contributed by atoms with Crippen LogP contribution in [0, 0.1) is 12.2 Å². The Kier molecular flexibility index (Phi) is 8.19. The van der Waals surface area contributed by atoms with Crippen LogP contribution in [0.25, 0.3) is 0 Å². The average molecular weight is 398 g/mol. The molecule has 0 spiro atoms. The topological polar surface area (TPSA) is 18.5 Å². The molecule has 2 heterocycles. The maximum atomic E-state index is 5.69. The monoisotopic (exact) mass is 398 g/mol. The minimum atomic E-state index is 0. The van der Waals surface area contributed by atoms with Gasteiger partial charge in [-0.1, -0.05) is 13.8 Å². The third-order valence-corrected chi connectivity index (χ3v) is 2.65. The van der Waals surface area contributed by atoms with Gasteiger partial charge in [0.25, 0.3) is 0 Å². The molecule has 2 nitrogen and oxygen atoms in total. The van der Waals surface area contributed by atoms with E-state index in [0.29, 0.717) is 13.2 Å². The summed E-state index contributed by atoms with van der Waals surface area (Å²) in [6, 6.07) is 0. The van der Waals surface area contributed by atoms with Crippen LogP contribution < -0.4 is 0 Å². The van der Waals surface area contributed by atoms with E-state index in [1.165, 1.54) is 11.1 Å². The molecule has 0 saturated carbocycles. The van der Waals surface area contributed by atoms with Crippen molar-refractivity contribution in [1.29, 1.82) is 0 Å². The van der Waals surface area contributed by atoms with Crippen molar-refractivity contribution in [3.05, 3.63) is 23.3 Å². The van der Waals surface area contributed by atoms with Crippen LogP contribution in [0.1, 0.15) is 26.7 Å². The van der Waals surface area contributed by atoms with Gasteiger partial charge in [0.15, 0.2) is 0 Å². The van der Waals surface area contributed by atoms with E-state index in [1.807, 2.05) is 13.8 Å². The Labute approximate surface area is 123 Å². The second kappa shape index (κ2) is 7.87. The van der Waals surface area contributed by atoms with Gasteiger partial charge >= 0.3 is 0 Å². The Hall–Kier alpha value is 0.647. The standard InChI is InChI=1S/C12H16O2.2Rh/c1-9-3-5-11(13-7-9)12-6-4-10(2)8-14-12;;/h11-12H,5-8H2,1-2H3;;/q-2;;. The molecular weight excluding hydrogens is 382 g/mol. The Morgan fingerprint density at radius 3 is 1.50 bits per heavy atom. The summed E-state index contributed by atoms with van der Waals surface area (Å²) in [6.07, 6.45) is 8.71. The number of ether oxygens (including phenoxy) is 2. The van der Waals surface area contributed by atoms with Crippen LogP contribution in [-0.4, -0.2) is 25.4 Å². The van der Waals surface area contributed by atoms with Crippen molar-refractivity contribution in [1.82, 2.24) is 0 Å². The molecule has 0 amide bonds. The zero-order chi connectivity index (χ0) is 9.97. The van der Waals surface area contributed by atoms with Crippen molar-refractivity contribution in [3.8, 4) is 0 Å². The van der Waals surface area contributed by atoms with Gasteiger partial charge in [0, 0.05) is 52.2 Å². The SMILES string of the molecule is CC1=[C-]CC(C2C[C-]=C(C)CO2)OC1.[Rh].[Rh]. The first-order chi connectivity index (χ1) is 6.75. The maximum Gasteiger partial charge on any atom is 0.0554 e. The minimum Gasteiger partial charge on any atom is -0.493 e. The zero-order valence-electron chi connectivity index (χ0n) is 9.47. The van der Waals surface area contributed by atoms with Gasteiger partial charge in [0.1, 0.15) is 0 Å². The smallest absolute Gasteiger partial charge is 0.0554 e. The summed E-state index contributed by atoms with van der Waals surface area (Å²) in [7, 11) is 0. The molecule has 96 valence electrons. The fourth-order valence-electron chi connectivity index (χ4n) is 1.71. The van der Waals surface area contributed by atoms with Crippen LogP contribution in [0.2, 0.25) is 0 Å². The summed E-state index contributed by atoms with van der Waals surface area (Å²) in [5.74, 6) is 0. The van der Waals surface area contributed by atoms with E-state index in [1.54, 1.807) is 0 Å². The minimum absolute atomic E-state index is 0. The largest absolute Gasteiger partial charge is 0.493 e. The number of hydrogen-bond donors (Lipinski definition) is 0. The van der Waals surface area contributed by atoms with E-state index in [-0.39, 0.29) is 51.2 Å². The van der Waals surface area contributed by atoms with E-state index in [9.17, 15) is 0 Å². The molecule has 4 heteroatoms. The first-order valence-corrected chi connectivity index (χ1v) is 5.11. The first kappa shape index (κ1) is 16.6. The van der Waals surface area contributed by atoms with Gasteiger partial charge in [-0.2, -0.15) is 12.8 Å². The molecule has 2 aliphatic rings. The van der Waals surface area contributed by atoms with Crippen LogP contribution in [0.5, 0.6) is 0 Å². The molecule has 0 aromatic carbocycles. The summed E-state index contributed by atoms with van der Waals surface area (Å²) < 4.78 is 11.4. The molecule has 0 saturated heterocycles. The molecule has 2 atom stereocenters. The summed E-state index contributed by atoms with van der Waals surface area (Å²) in [5, 5.41) is 0. The molecule has 2 unspecified atom stereocenters. The summed E-state index contributed by atoms with van der Waals surface area (Å²) >= 11 is 0. The van der Waals surface area contributed by atoms with E-state index in [4.69, 9.17) is 9.47 Å². The van der Waals surface area contributed by atoms with Gasteiger partial charge < -0.3 is 21.6 Å². The normalized spacial score (nSPS) is 29.4. The molecule has 2 aliphatic heterocycles. The van der Waals surface area contributed by atoms with Crippen LogP contribution in [-0.2, 0) is 48.4 Å². The molecule has 2 rings (SSSR count). The molecule has 0 bridgehead atoms. The molecule has 2 radical (unpaired) electrons. The second-order valence-electron chi connectivity index (χ2n) is 4.02. The summed E-state index contributed by atoms with van der Waals surface area (Å²) in [5.41, 5.74) is 2.40. The van der Waals surface area contributed by atoms with Crippen molar-refractivity contribution in [2.75, 3.05) is 13.2 Å². The van der Waals surface area contributed by atoms with Gasteiger partial charge in [-0.3, -0.25) is 0 Å². The molecule has 0 aliphatic carbocycles. The Morgan fingerprint density at radius 2 is 1.25 bits per heavy atom. The van der Waals surface area contributed by atoms with Crippen molar-refractivity contribution in [2.24, 2.45) is 0 Å². The van der Waals surface area contributed by atoms with Crippen LogP contribution in [0.4, 0.5) is 0 Å². The number of rotatable bonds is 1. The maximum absolute atomic E-state index is 5.69. The number of hydrogen-bond acceptors (Lipinski definition) is 2. The third-order valence-electron chi connectivity index (χ3n) is 2.65. The molecule has 0 aromatic rings. The van der Waals surface area contributed by atoms with E-state index in [0.717, 1.165) is 12.8 Å². The molecule has 0 fully saturated rings. The van der Waals surface area contributed by atoms with Gasteiger partial charge in [-0.25, -0.2) is 11.1 Å². The van der Waals surface area contributed by atoms with Crippen molar-refractivity contribution in [2.45, 2.75) is 38.9 Å². The predicted molar refractivity (Wildman–Crippen MR) is 53.6 cm³/mol. The Bertz CT molecular complexity index is 246.